The van der Waals surface area contributed by atoms with Crippen LogP contribution in [0.5, 0.6) is 11.5 Å². The minimum absolute atomic E-state index is 0.0392. The van der Waals surface area contributed by atoms with Crippen LogP contribution in [-0.2, 0) is 28.0 Å². The van der Waals surface area contributed by atoms with Gasteiger partial charge >= 0.3 is 0 Å². The van der Waals surface area contributed by atoms with Crippen LogP contribution in [0.4, 0.5) is 5.69 Å². The van der Waals surface area contributed by atoms with Crippen LogP contribution in [0.25, 0.3) is 21.2 Å². The third-order valence-corrected chi connectivity index (χ3v) is 15.3. The normalized spacial score (nSPS) is 22.2. The number of anilines is 1. The number of nitrogens with one attached hydrogen (secondary N) is 2. The Hall–Kier alpha value is -6.11. The van der Waals surface area contributed by atoms with Crippen molar-refractivity contribution in [3.05, 3.63) is 74.5 Å². The summed E-state index contributed by atoms with van der Waals surface area (Å²) in [5.74, 6) is -0.820. The molecule has 2 aromatic heterocycles. The van der Waals surface area contributed by atoms with Gasteiger partial charge in [-0.3, -0.25) is 48.7 Å². The second-order valence-electron chi connectivity index (χ2n) is 18.6. The number of piperidine rings is 1. The number of methoxy groups -OCH3 is 2. The maximum atomic E-state index is 13.9. The number of amides is 6. The lowest BCUT2D eigenvalue weighted by atomic mass is 9.85. The van der Waals surface area contributed by atoms with E-state index in [1.165, 1.54) is 11.3 Å². The molecule has 4 aromatic rings. The summed E-state index contributed by atoms with van der Waals surface area (Å²) in [5, 5.41) is 5.98. The number of likely N-dealkylation sites (tertiary alicyclic amines) is 1. The molecule has 1 saturated carbocycles. The number of carbonyl (C=O) groups excluding carboxylic acids is 6. The summed E-state index contributed by atoms with van der Waals surface area (Å²) < 4.78 is 13.8. The van der Waals surface area contributed by atoms with Crippen LogP contribution >= 0.6 is 11.3 Å². The number of benzene rings is 2. The third kappa shape index (κ3) is 8.45. The van der Waals surface area contributed by atoms with Crippen LogP contribution in [0.2, 0.25) is 0 Å². The molecule has 3 saturated heterocycles. The Balaban J connectivity index is 0.772. The number of nitrogens with zero attached hydrogens (tertiary/aromatic N) is 6. The summed E-state index contributed by atoms with van der Waals surface area (Å²) in [5.41, 5.74) is 3.64. The highest BCUT2D eigenvalue weighted by atomic mass is 32.1. The average Bonchev–Trinajstić information content (AvgIpc) is 4.10. The Morgan fingerprint density at radius 3 is 2.32 bits per heavy atom. The maximum absolute atomic E-state index is 13.9. The number of pyridine rings is 1. The molecule has 5 aliphatic rings. The summed E-state index contributed by atoms with van der Waals surface area (Å²) in [4.78, 5) is 101. The van der Waals surface area contributed by atoms with Crippen molar-refractivity contribution in [1.82, 2.24) is 34.8 Å². The number of rotatable bonds is 12. The van der Waals surface area contributed by atoms with Crippen LogP contribution in [0, 0.1) is 5.41 Å². The number of fused-ring (bicyclic) bond motifs is 2. The fourth-order valence-electron chi connectivity index (χ4n) is 10.6. The summed E-state index contributed by atoms with van der Waals surface area (Å²) >= 11 is 1.31. The van der Waals surface area contributed by atoms with Gasteiger partial charge in [0.15, 0.2) is 0 Å². The molecule has 1 aliphatic carbocycles. The van der Waals surface area contributed by atoms with Gasteiger partial charge in [-0.05, 0) is 93.6 Å². The third-order valence-electron chi connectivity index (χ3n) is 14.1. The number of hydrogen-bond acceptors (Lipinski definition) is 13. The van der Waals surface area contributed by atoms with Crippen molar-refractivity contribution in [3.63, 3.8) is 0 Å². The number of carbonyl (C=O) groups is 6. The zero-order valence-corrected chi connectivity index (χ0v) is 38.9. The summed E-state index contributed by atoms with van der Waals surface area (Å²) in [6.45, 7) is 5.45. The molecule has 3 atom stereocenters. The van der Waals surface area contributed by atoms with Crippen molar-refractivity contribution in [2.45, 2.75) is 63.6 Å². The quantitative estimate of drug-likeness (QED) is 0.198. The van der Waals surface area contributed by atoms with E-state index >= 15 is 0 Å². The van der Waals surface area contributed by atoms with Crippen LogP contribution in [0.3, 0.4) is 0 Å². The van der Waals surface area contributed by atoms with Gasteiger partial charge in [0.2, 0.25) is 17.7 Å². The van der Waals surface area contributed by atoms with Gasteiger partial charge < -0.3 is 34.1 Å². The lowest BCUT2D eigenvalue weighted by molar-refractivity contribution is -0.136. The first-order valence-corrected chi connectivity index (χ1v) is 23.4. The molecule has 348 valence electrons. The largest absolute Gasteiger partial charge is 0.496 e. The molecule has 2 aromatic carbocycles. The van der Waals surface area contributed by atoms with E-state index in [1.807, 2.05) is 42.1 Å². The van der Waals surface area contributed by atoms with Gasteiger partial charge in [0, 0.05) is 100 Å². The fraction of sp³-hybridized carbons (Fsp3) is 0.479. The van der Waals surface area contributed by atoms with Gasteiger partial charge in [-0.25, -0.2) is 0 Å². The zero-order chi connectivity index (χ0) is 46.6. The Morgan fingerprint density at radius 2 is 1.62 bits per heavy atom. The molecule has 66 heavy (non-hydrogen) atoms. The number of aromatic nitrogens is 1. The second kappa shape index (κ2) is 17.9. The molecule has 3 unspecified atom stereocenters. The monoisotopic (exact) mass is 920 g/mol. The predicted octanol–water partition coefficient (Wildman–Crippen LogP) is 3.46. The molecule has 6 amide bonds. The SMILES string of the molecule is COc1cc(-c2cn(C)c(=O)c3cc(C(=O)NC4CCC5(CCN(C(=O)CCN6CCN(c7ccc8c(c7)C(=O)N(C7CCC(=O)NC7=O)C8=O)CC6)C5)C4)sc23)cc(OC)c1CN(C)C. The maximum Gasteiger partial charge on any atom is 0.262 e. The van der Waals surface area contributed by atoms with Gasteiger partial charge in [0.1, 0.15) is 17.5 Å². The van der Waals surface area contributed by atoms with Gasteiger partial charge in [0.25, 0.3) is 23.3 Å². The Bertz CT molecular complexity index is 2700. The molecule has 9 rings (SSSR count). The van der Waals surface area contributed by atoms with E-state index in [4.69, 9.17) is 9.47 Å². The van der Waals surface area contributed by atoms with Crippen molar-refractivity contribution < 1.29 is 38.2 Å². The number of ether oxygens (including phenoxy) is 2. The van der Waals surface area contributed by atoms with Crippen molar-refractivity contribution in [1.29, 1.82) is 0 Å². The summed E-state index contributed by atoms with van der Waals surface area (Å²) in [6, 6.07) is 9.74. The van der Waals surface area contributed by atoms with Gasteiger partial charge in [-0.15, -0.1) is 11.3 Å². The van der Waals surface area contributed by atoms with Crippen LogP contribution in [-0.4, -0.2) is 146 Å². The molecule has 18 heteroatoms. The lowest BCUT2D eigenvalue weighted by Gasteiger charge is -2.36. The topological polar surface area (TPSA) is 183 Å². The summed E-state index contributed by atoms with van der Waals surface area (Å²) in [7, 11) is 8.92. The van der Waals surface area contributed by atoms with Crippen molar-refractivity contribution in [2.24, 2.45) is 12.5 Å². The van der Waals surface area contributed by atoms with E-state index in [2.05, 4.69) is 20.4 Å². The smallest absolute Gasteiger partial charge is 0.262 e. The Kier molecular flexibility index (Phi) is 12.2. The number of thiophene rings is 1. The highest BCUT2D eigenvalue weighted by molar-refractivity contribution is 7.21. The number of piperazine rings is 1. The van der Waals surface area contributed by atoms with E-state index in [1.54, 1.807) is 50.2 Å². The molecule has 6 heterocycles. The van der Waals surface area contributed by atoms with Crippen molar-refractivity contribution in [3.8, 4) is 22.6 Å². The first kappa shape index (κ1) is 45.1. The molecule has 0 radical (unpaired) electrons. The van der Waals surface area contributed by atoms with E-state index in [0.29, 0.717) is 67.5 Å². The minimum atomic E-state index is -1.01. The molecular formula is C48H56N8O9S. The van der Waals surface area contributed by atoms with E-state index in [0.717, 1.165) is 70.8 Å². The first-order chi connectivity index (χ1) is 31.6. The fourth-order valence-corrected chi connectivity index (χ4v) is 11.7. The Labute approximate surface area is 386 Å². The highest BCUT2D eigenvalue weighted by Crippen LogP contribution is 2.46. The molecule has 17 nitrogen and oxygen atoms in total. The molecular weight excluding hydrogens is 865 g/mol. The Morgan fingerprint density at radius 1 is 0.894 bits per heavy atom. The molecule has 2 N–H and O–H groups in total. The van der Waals surface area contributed by atoms with Gasteiger partial charge in [-0.2, -0.15) is 0 Å². The number of aryl methyl sites for hydroxylation is 1. The second-order valence-corrected chi connectivity index (χ2v) is 19.7. The number of hydrogen-bond donors (Lipinski definition) is 2. The molecule has 4 aliphatic heterocycles. The van der Waals surface area contributed by atoms with Crippen molar-refractivity contribution >= 4 is 62.6 Å². The van der Waals surface area contributed by atoms with E-state index in [-0.39, 0.29) is 52.8 Å². The molecule has 1 spiro atoms. The van der Waals surface area contributed by atoms with Crippen molar-refractivity contribution in [2.75, 3.05) is 79.0 Å². The lowest BCUT2D eigenvalue weighted by Crippen LogP contribution is -2.54. The van der Waals surface area contributed by atoms with Crippen LogP contribution in [0.1, 0.15) is 80.9 Å². The van der Waals surface area contributed by atoms with Crippen LogP contribution in [0.15, 0.2) is 47.4 Å². The van der Waals surface area contributed by atoms with Gasteiger partial charge in [0.05, 0.1) is 41.2 Å². The molecule has 0 bridgehead atoms. The van der Waals surface area contributed by atoms with E-state index in [9.17, 15) is 33.6 Å². The first-order valence-electron chi connectivity index (χ1n) is 22.6. The zero-order valence-electron chi connectivity index (χ0n) is 38.1. The minimum Gasteiger partial charge on any atom is -0.496 e. The van der Waals surface area contributed by atoms with E-state index < -0.39 is 29.7 Å². The summed E-state index contributed by atoms with van der Waals surface area (Å²) in [6.07, 6.45) is 5.81. The molecule has 4 fully saturated rings. The predicted molar refractivity (Wildman–Crippen MR) is 248 cm³/mol. The number of imide groups is 2. The highest BCUT2D eigenvalue weighted by Gasteiger charge is 2.47. The standard InChI is InChI=1S/C48H56N8O9S/c1-51(2)25-35-37(64-4)20-28(21-38(35)65-5)34-26-52(3)45(61)33-23-39(66-42(33)34)44(60)49-29-10-12-48(24-29)13-15-55(27-48)41(58)11-14-53-16-18-54(19-17-53)30-6-7-31-32(22-30)47(63)56(46(31)62)36-8-9-40(57)50-43(36)59/h6-7,20-23,26,29,36H,8-19,24-25,27H2,1-5H3,(H,49,60)(H,50,57,59). The average molecular weight is 921 g/mol. The van der Waals surface area contributed by atoms with Crippen LogP contribution < -0.4 is 30.6 Å². The van der Waals surface area contributed by atoms with Gasteiger partial charge in [-0.1, -0.05) is 0 Å².